The van der Waals surface area contributed by atoms with Crippen LogP contribution in [0.25, 0.3) is 0 Å². The minimum atomic E-state index is 0.791. The van der Waals surface area contributed by atoms with Crippen LogP contribution in [0.4, 0.5) is 0 Å². The van der Waals surface area contributed by atoms with Gasteiger partial charge in [0.2, 0.25) is 0 Å². The molecular formula is C11H23N. The zero-order valence-corrected chi connectivity index (χ0v) is 8.77. The normalized spacial score (nSPS) is 15.6. The SMILES string of the molecule is C=CCCCC(C)C(C)CNC. The molecule has 12 heavy (non-hydrogen) atoms. The van der Waals surface area contributed by atoms with Gasteiger partial charge in [-0.3, -0.25) is 0 Å². The Labute approximate surface area is 77.2 Å². The maximum Gasteiger partial charge on any atom is -0.00236 e. The van der Waals surface area contributed by atoms with Crippen molar-refractivity contribution < 1.29 is 0 Å². The van der Waals surface area contributed by atoms with E-state index in [1.807, 2.05) is 13.1 Å². The summed E-state index contributed by atoms with van der Waals surface area (Å²) >= 11 is 0. The molecule has 0 aromatic carbocycles. The maximum atomic E-state index is 3.73. The van der Waals surface area contributed by atoms with E-state index in [1.165, 1.54) is 12.8 Å². The first-order valence-corrected chi connectivity index (χ1v) is 4.97. The first-order valence-electron chi connectivity index (χ1n) is 4.97. The molecule has 0 aliphatic rings. The molecule has 0 saturated heterocycles. The first kappa shape index (κ1) is 11.7. The number of allylic oxidation sites excluding steroid dienone is 1. The van der Waals surface area contributed by atoms with Gasteiger partial charge in [-0.15, -0.1) is 6.58 Å². The van der Waals surface area contributed by atoms with Crippen molar-refractivity contribution in [3.8, 4) is 0 Å². The summed E-state index contributed by atoms with van der Waals surface area (Å²) in [6.07, 6.45) is 5.79. The zero-order valence-electron chi connectivity index (χ0n) is 8.77. The van der Waals surface area contributed by atoms with E-state index in [2.05, 4.69) is 25.7 Å². The molecule has 0 aromatic rings. The van der Waals surface area contributed by atoms with Gasteiger partial charge in [-0.05, 0) is 38.3 Å². The summed E-state index contributed by atoms with van der Waals surface area (Å²) in [5.74, 6) is 1.62. The van der Waals surface area contributed by atoms with E-state index in [1.54, 1.807) is 0 Å². The smallest absolute Gasteiger partial charge is 0.00236 e. The van der Waals surface area contributed by atoms with Crippen molar-refractivity contribution in [2.24, 2.45) is 11.8 Å². The highest BCUT2D eigenvalue weighted by Crippen LogP contribution is 2.16. The Morgan fingerprint density at radius 3 is 2.50 bits per heavy atom. The van der Waals surface area contributed by atoms with Crippen molar-refractivity contribution in [1.29, 1.82) is 0 Å². The van der Waals surface area contributed by atoms with Crippen molar-refractivity contribution in [1.82, 2.24) is 5.32 Å². The first-order chi connectivity index (χ1) is 5.72. The minimum Gasteiger partial charge on any atom is -0.319 e. The molecule has 1 N–H and O–H groups in total. The van der Waals surface area contributed by atoms with Crippen molar-refractivity contribution in [2.75, 3.05) is 13.6 Å². The van der Waals surface area contributed by atoms with Crippen LogP contribution in [0.1, 0.15) is 33.1 Å². The molecule has 0 aliphatic carbocycles. The van der Waals surface area contributed by atoms with Crippen LogP contribution in [-0.2, 0) is 0 Å². The maximum absolute atomic E-state index is 3.73. The van der Waals surface area contributed by atoms with Crippen LogP contribution in [0.2, 0.25) is 0 Å². The van der Waals surface area contributed by atoms with Gasteiger partial charge in [0, 0.05) is 0 Å². The van der Waals surface area contributed by atoms with Crippen LogP contribution in [-0.4, -0.2) is 13.6 Å². The Balaban J connectivity index is 3.41. The van der Waals surface area contributed by atoms with Crippen molar-refractivity contribution >= 4 is 0 Å². The van der Waals surface area contributed by atoms with Gasteiger partial charge >= 0.3 is 0 Å². The van der Waals surface area contributed by atoms with Gasteiger partial charge in [-0.25, -0.2) is 0 Å². The lowest BCUT2D eigenvalue weighted by atomic mass is 9.91. The summed E-state index contributed by atoms with van der Waals surface area (Å²) in [4.78, 5) is 0. The van der Waals surface area contributed by atoms with Crippen LogP contribution in [0.5, 0.6) is 0 Å². The molecule has 0 rings (SSSR count). The molecule has 2 atom stereocenters. The van der Waals surface area contributed by atoms with Crippen molar-refractivity contribution in [3.63, 3.8) is 0 Å². The molecule has 1 heteroatoms. The number of hydrogen-bond acceptors (Lipinski definition) is 1. The highest BCUT2D eigenvalue weighted by atomic mass is 14.8. The van der Waals surface area contributed by atoms with Crippen LogP contribution in [0.15, 0.2) is 12.7 Å². The summed E-state index contributed by atoms with van der Waals surface area (Å²) < 4.78 is 0. The Kier molecular flexibility index (Phi) is 7.17. The third kappa shape index (κ3) is 5.36. The molecular weight excluding hydrogens is 146 g/mol. The van der Waals surface area contributed by atoms with Crippen LogP contribution in [0, 0.1) is 11.8 Å². The van der Waals surface area contributed by atoms with Crippen molar-refractivity contribution in [3.05, 3.63) is 12.7 Å². The van der Waals surface area contributed by atoms with Gasteiger partial charge in [0.15, 0.2) is 0 Å². The van der Waals surface area contributed by atoms with Crippen molar-refractivity contribution in [2.45, 2.75) is 33.1 Å². The molecule has 0 radical (unpaired) electrons. The summed E-state index contributed by atoms with van der Waals surface area (Å²) in [6, 6.07) is 0. The zero-order chi connectivity index (χ0) is 9.40. The summed E-state index contributed by atoms with van der Waals surface area (Å²) in [6.45, 7) is 9.51. The van der Waals surface area contributed by atoms with E-state index in [0.717, 1.165) is 24.8 Å². The second kappa shape index (κ2) is 7.35. The summed E-state index contributed by atoms with van der Waals surface area (Å²) in [5.41, 5.74) is 0. The standard InChI is InChI=1S/C11H23N/c1-5-6-7-8-10(2)11(3)9-12-4/h5,10-12H,1,6-9H2,2-4H3. The predicted octanol–water partition coefficient (Wildman–Crippen LogP) is 2.83. The van der Waals surface area contributed by atoms with Gasteiger partial charge in [0.1, 0.15) is 0 Å². The highest BCUT2D eigenvalue weighted by Gasteiger charge is 2.09. The second-order valence-corrected chi connectivity index (χ2v) is 3.73. The molecule has 1 nitrogen and oxygen atoms in total. The molecule has 0 saturated carbocycles. The lowest BCUT2D eigenvalue weighted by Gasteiger charge is -2.18. The topological polar surface area (TPSA) is 12.0 Å². The number of unbranched alkanes of at least 4 members (excludes halogenated alkanes) is 1. The molecule has 0 spiro atoms. The number of hydrogen-bond donors (Lipinski definition) is 1. The Bertz CT molecular complexity index is 110. The quantitative estimate of drug-likeness (QED) is 0.456. The lowest BCUT2D eigenvalue weighted by molar-refractivity contribution is 0.349. The monoisotopic (exact) mass is 169 g/mol. The van der Waals surface area contributed by atoms with E-state index in [4.69, 9.17) is 0 Å². The Morgan fingerprint density at radius 2 is 2.00 bits per heavy atom. The fourth-order valence-corrected chi connectivity index (χ4v) is 1.39. The van der Waals surface area contributed by atoms with Gasteiger partial charge in [0.05, 0.1) is 0 Å². The van der Waals surface area contributed by atoms with E-state index >= 15 is 0 Å². The summed E-state index contributed by atoms with van der Waals surface area (Å²) in [5, 5.41) is 3.22. The molecule has 0 fully saturated rings. The van der Waals surface area contributed by atoms with Gasteiger partial charge in [-0.1, -0.05) is 26.3 Å². The van der Waals surface area contributed by atoms with Crippen LogP contribution < -0.4 is 5.32 Å². The van der Waals surface area contributed by atoms with E-state index < -0.39 is 0 Å². The highest BCUT2D eigenvalue weighted by molar-refractivity contribution is 4.69. The molecule has 0 amide bonds. The fraction of sp³-hybridized carbons (Fsp3) is 0.818. The molecule has 0 heterocycles. The molecule has 2 unspecified atom stereocenters. The second-order valence-electron chi connectivity index (χ2n) is 3.73. The Hall–Kier alpha value is -0.300. The molecule has 0 aliphatic heterocycles. The third-order valence-corrected chi connectivity index (χ3v) is 2.57. The fourth-order valence-electron chi connectivity index (χ4n) is 1.39. The van der Waals surface area contributed by atoms with Crippen LogP contribution >= 0.6 is 0 Å². The minimum absolute atomic E-state index is 0.791. The largest absolute Gasteiger partial charge is 0.319 e. The van der Waals surface area contributed by atoms with E-state index in [9.17, 15) is 0 Å². The molecule has 72 valence electrons. The van der Waals surface area contributed by atoms with Gasteiger partial charge in [0.25, 0.3) is 0 Å². The lowest BCUT2D eigenvalue weighted by Crippen LogP contribution is -2.21. The third-order valence-electron chi connectivity index (χ3n) is 2.57. The average molecular weight is 169 g/mol. The Morgan fingerprint density at radius 1 is 1.33 bits per heavy atom. The number of rotatable bonds is 7. The van der Waals surface area contributed by atoms with E-state index in [-0.39, 0.29) is 0 Å². The average Bonchev–Trinajstić information content (AvgIpc) is 2.05. The summed E-state index contributed by atoms with van der Waals surface area (Å²) in [7, 11) is 2.02. The van der Waals surface area contributed by atoms with Crippen LogP contribution in [0.3, 0.4) is 0 Å². The predicted molar refractivity (Wildman–Crippen MR) is 56.3 cm³/mol. The molecule has 0 aromatic heterocycles. The molecule has 0 bridgehead atoms. The van der Waals surface area contributed by atoms with Gasteiger partial charge < -0.3 is 5.32 Å². The number of nitrogens with one attached hydrogen (secondary N) is 1. The van der Waals surface area contributed by atoms with Gasteiger partial charge in [-0.2, -0.15) is 0 Å². The van der Waals surface area contributed by atoms with E-state index in [0.29, 0.717) is 0 Å².